The van der Waals surface area contributed by atoms with Crippen molar-refractivity contribution in [2.45, 2.75) is 52.5 Å². The maximum atomic E-state index is 12.7. The average molecular weight is 382 g/mol. The molecule has 0 aromatic heterocycles. The highest BCUT2D eigenvalue weighted by atomic mass is 32.2. The Morgan fingerprint density at radius 3 is 2.31 bits per heavy atom. The molecule has 1 aromatic rings. The highest BCUT2D eigenvalue weighted by molar-refractivity contribution is 7.91. The first-order chi connectivity index (χ1) is 12.0. The minimum atomic E-state index is -3.03. The van der Waals surface area contributed by atoms with Crippen molar-refractivity contribution < 1.29 is 17.9 Å². The summed E-state index contributed by atoms with van der Waals surface area (Å²) in [5.41, 5.74) is 1.27. The number of rotatable bonds is 6. The number of hydrogen-bond acceptors (Lipinski definition) is 4. The third-order valence-corrected chi connectivity index (χ3v) is 6.36. The number of carbonyl (C=O) groups excluding carboxylic acids is 1. The molecule has 1 aliphatic rings. The normalized spacial score (nSPS) is 19.5. The molecular weight excluding hydrogens is 350 g/mol. The van der Waals surface area contributed by atoms with Gasteiger partial charge in [0.2, 0.25) is 0 Å². The lowest BCUT2D eigenvalue weighted by Crippen LogP contribution is -2.45. The number of benzene rings is 1. The molecule has 6 heteroatoms. The fraction of sp³-hybridized carbons (Fsp3) is 0.650. The van der Waals surface area contributed by atoms with Crippen LogP contribution in [0, 0.1) is 5.92 Å². The maximum Gasteiger partial charge on any atom is 0.260 e. The van der Waals surface area contributed by atoms with Gasteiger partial charge in [-0.25, -0.2) is 8.42 Å². The number of nitrogens with zero attached hydrogens (tertiary/aromatic N) is 1. The number of hydrogen-bond donors (Lipinski definition) is 0. The molecule has 26 heavy (non-hydrogen) atoms. The van der Waals surface area contributed by atoms with Gasteiger partial charge in [0.15, 0.2) is 16.4 Å². The van der Waals surface area contributed by atoms with E-state index in [1.165, 1.54) is 5.56 Å². The predicted octanol–water partition coefficient (Wildman–Crippen LogP) is 3.03. The second-order valence-corrected chi connectivity index (χ2v) is 10.8. The molecule has 1 saturated heterocycles. The van der Waals surface area contributed by atoms with Crippen molar-refractivity contribution in [2.75, 3.05) is 24.7 Å². The molecule has 0 saturated carbocycles. The molecule has 1 atom stereocenters. The van der Waals surface area contributed by atoms with E-state index in [9.17, 15) is 13.2 Å². The van der Waals surface area contributed by atoms with Gasteiger partial charge in [-0.2, -0.15) is 0 Å². The van der Waals surface area contributed by atoms with Crippen molar-refractivity contribution in [3.63, 3.8) is 0 Å². The highest BCUT2D eigenvalue weighted by Crippen LogP contribution is 2.24. The Morgan fingerprint density at radius 1 is 1.23 bits per heavy atom. The molecule has 0 radical (unpaired) electrons. The highest BCUT2D eigenvalue weighted by Gasteiger charge is 2.34. The van der Waals surface area contributed by atoms with E-state index in [0.717, 1.165) is 0 Å². The summed E-state index contributed by atoms with van der Waals surface area (Å²) >= 11 is 0. The van der Waals surface area contributed by atoms with Crippen molar-refractivity contribution >= 4 is 15.7 Å². The van der Waals surface area contributed by atoms with Gasteiger partial charge in [-0.3, -0.25) is 4.79 Å². The third-order valence-electron chi connectivity index (χ3n) is 4.61. The summed E-state index contributed by atoms with van der Waals surface area (Å²) in [6.45, 7) is 11.0. The lowest BCUT2D eigenvalue weighted by molar-refractivity contribution is -0.135. The van der Waals surface area contributed by atoms with Gasteiger partial charge in [0.1, 0.15) is 5.75 Å². The average Bonchev–Trinajstić information content (AvgIpc) is 2.89. The molecule has 1 unspecified atom stereocenters. The number of ether oxygens (including phenoxy) is 1. The first-order valence-electron chi connectivity index (χ1n) is 9.21. The molecule has 1 aliphatic heterocycles. The van der Waals surface area contributed by atoms with E-state index in [4.69, 9.17) is 4.74 Å². The van der Waals surface area contributed by atoms with Gasteiger partial charge in [-0.15, -0.1) is 0 Å². The summed E-state index contributed by atoms with van der Waals surface area (Å²) in [6.07, 6.45) is 0.515. The largest absolute Gasteiger partial charge is 0.484 e. The molecule has 1 amide bonds. The summed E-state index contributed by atoms with van der Waals surface area (Å²) in [4.78, 5) is 14.4. The van der Waals surface area contributed by atoms with Crippen molar-refractivity contribution in [2.24, 2.45) is 5.92 Å². The van der Waals surface area contributed by atoms with E-state index in [-0.39, 0.29) is 41.4 Å². The van der Waals surface area contributed by atoms with Gasteiger partial charge < -0.3 is 9.64 Å². The molecule has 0 aliphatic carbocycles. The van der Waals surface area contributed by atoms with Gasteiger partial charge in [0.05, 0.1) is 11.5 Å². The van der Waals surface area contributed by atoms with Crippen LogP contribution in [0.15, 0.2) is 24.3 Å². The van der Waals surface area contributed by atoms with Crippen LogP contribution in [0.5, 0.6) is 5.75 Å². The molecule has 0 spiro atoms. The van der Waals surface area contributed by atoms with Crippen LogP contribution in [-0.4, -0.2) is 49.9 Å². The topological polar surface area (TPSA) is 63.7 Å². The van der Waals surface area contributed by atoms with Gasteiger partial charge in [0, 0.05) is 12.6 Å². The van der Waals surface area contributed by atoms with E-state index in [0.29, 0.717) is 18.7 Å². The van der Waals surface area contributed by atoms with Gasteiger partial charge in [-0.05, 0) is 35.4 Å². The zero-order chi connectivity index (χ0) is 19.5. The minimum absolute atomic E-state index is 0.0612. The second kappa shape index (κ2) is 7.99. The van der Waals surface area contributed by atoms with E-state index in [1.807, 2.05) is 38.1 Å². The quantitative estimate of drug-likeness (QED) is 0.760. The van der Waals surface area contributed by atoms with E-state index in [2.05, 4.69) is 20.8 Å². The molecule has 2 rings (SSSR count). The standard InChI is InChI=1S/C20H31NO4S/c1-15(2)12-21(17-10-11-26(23,24)14-17)19(22)13-25-18-8-6-16(7-9-18)20(3,4)5/h6-9,15,17H,10-14H2,1-5H3. The van der Waals surface area contributed by atoms with Crippen LogP contribution in [0.1, 0.15) is 46.6 Å². The van der Waals surface area contributed by atoms with Gasteiger partial charge in [0.25, 0.3) is 5.91 Å². The van der Waals surface area contributed by atoms with E-state index >= 15 is 0 Å². The third kappa shape index (κ3) is 5.73. The zero-order valence-corrected chi connectivity index (χ0v) is 17.3. The smallest absolute Gasteiger partial charge is 0.260 e. The Morgan fingerprint density at radius 2 is 1.85 bits per heavy atom. The summed E-state index contributed by atoms with van der Waals surface area (Å²) in [6, 6.07) is 7.54. The van der Waals surface area contributed by atoms with Crippen LogP contribution < -0.4 is 4.74 Å². The first kappa shape index (κ1) is 20.7. The first-order valence-corrected chi connectivity index (χ1v) is 11.0. The van der Waals surface area contributed by atoms with Crippen LogP contribution in [0.25, 0.3) is 0 Å². The summed E-state index contributed by atoms with van der Waals surface area (Å²) in [5.74, 6) is 0.990. The number of carbonyl (C=O) groups is 1. The second-order valence-electron chi connectivity index (χ2n) is 8.56. The lowest BCUT2D eigenvalue weighted by atomic mass is 9.87. The van der Waals surface area contributed by atoms with Crippen molar-refractivity contribution in [3.8, 4) is 5.75 Å². The molecule has 1 fully saturated rings. The predicted molar refractivity (Wildman–Crippen MR) is 104 cm³/mol. The molecule has 5 nitrogen and oxygen atoms in total. The summed E-state index contributed by atoms with van der Waals surface area (Å²) in [5, 5.41) is 0. The van der Waals surface area contributed by atoms with Crippen LogP contribution in [-0.2, 0) is 20.0 Å². The molecule has 0 bridgehead atoms. The Labute approximate surface area is 157 Å². The monoisotopic (exact) mass is 381 g/mol. The van der Waals surface area contributed by atoms with Gasteiger partial charge in [-0.1, -0.05) is 46.8 Å². The van der Waals surface area contributed by atoms with Crippen LogP contribution in [0.2, 0.25) is 0 Å². The zero-order valence-electron chi connectivity index (χ0n) is 16.5. The van der Waals surface area contributed by atoms with Crippen molar-refractivity contribution in [1.29, 1.82) is 0 Å². The Balaban J connectivity index is 2.00. The summed E-state index contributed by atoms with van der Waals surface area (Å²) < 4.78 is 29.2. The Bertz CT molecular complexity index is 717. The van der Waals surface area contributed by atoms with Crippen molar-refractivity contribution in [3.05, 3.63) is 29.8 Å². The SMILES string of the molecule is CC(C)CN(C(=O)COc1ccc(C(C)(C)C)cc1)C1CCS(=O)(=O)C1. The minimum Gasteiger partial charge on any atom is -0.484 e. The molecule has 1 aromatic carbocycles. The van der Waals surface area contributed by atoms with Crippen molar-refractivity contribution in [1.82, 2.24) is 4.90 Å². The maximum absolute atomic E-state index is 12.7. The Hall–Kier alpha value is -1.56. The lowest BCUT2D eigenvalue weighted by Gasteiger charge is -2.30. The number of sulfone groups is 1. The summed E-state index contributed by atoms with van der Waals surface area (Å²) in [7, 11) is -3.03. The van der Waals surface area contributed by atoms with Gasteiger partial charge >= 0.3 is 0 Å². The fourth-order valence-electron chi connectivity index (χ4n) is 3.15. The van der Waals surface area contributed by atoms with E-state index < -0.39 is 9.84 Å². The molecular formula is C20H31NO4S. The number of amides is 1. The van der Waals surface area contributed by atoms with Crippen LogP contribution in [0.4, 0.5) is 0 Å². The van der Waals surface area contributed by atoms with Crippen LogP contribution in [0.3, 0.4) is 0 Å². The van der Waals surface area contributed by atoms with E-state index in [1.54, 1.807) is 4.90 Å². The molecule has 146 valence electrons. The van der Waals surface area contributed by atoms with Crippen LogP contribution >= 0.6 is 0 Å². The molecule has 0 N–H and O–H groups in total. The Kier molecular flexibility index (Phi) is 6.37. The molecule has 1 heterocycles. The fourth-order valence-corrected chi connectivity index (χ4v) is 4.88.